The maximum Gasteiger partial charge on any atom is 0.141 e. The molecule has 0 unspecified atom stereocenters. The number of amidine groups is 1. The van der Waals surface area contributed by atoms with Crippen molar-refractivity contribution in [2.45, 2.75) is 6.92 Å². The van der Waals surface area contributed by atoms with Crippen LogP contribution in [0.3, 0.4) is 0 Å². The molecule has 0 atom stereocenters. The van der Waals surface area contributed by atoms with Crippen LogP contribution in [0.4, 0.5) is 21.5 Å². The molecule has 0 amide bonds. The van der Waals surface area contributed by atoms with Gasteiger partial charge in [-0.05, 0) is 36.9 Å². The van der Waals surface area contributed by atoms with Gasteiger partial charge in [0.25, 0.3) is 0 Å². The van der Waals surface area contributed by atoms with Crippen LogP contribution in [0.25, 0.3) is 0 Å². The van der Waals surface area contributed by atoms with Gasteiger partial charge >= 0.3 is 0 Å². The Morgan fingerprint density at radius 1 is 1.12 bits per heavy atom. The number of benzene rings is 2. The van der Waals surface area contributed by atoms with E-state index in [4.69, 9.17) is 16.6 Å². The second-order valence-corrected chi connectivity index (χ2v) is 6.74. The molecule has 0 aliphatic carbocycles. The SMILES string of the molecule is CCN1CCN(C2=Nc3cc(Cl)ccc3Nc3cccc(F)c32)CC1. The summed E-state index contributed by atoms with van der Waals surface area (Å²) in [5, 5.41) is 3.93. The molecule has 1 fully saturated rings. The van der Waals surface area contributed by atoms with E-state index >= 15 is 0 Å². The van der Waals surface area contributed by atoms with E-state index in [0.29, 0.717) is 16.4 Å². The number of rotatable bonds is 1. The van der Waals surface area contributed by atoms with Crippen LogP contribution in [0.15, 0.2) is 41.4 Å². The molecular formula is C19H20ClFN4. The number of hydrogen-bond donors (Lipinski definition) is 1. The minimum absolute atomic E-state index is 0.263. The van der Waals surface area contributed by atoms with Gasteiger partial charge in [-0.25, -0.2) is 9.38 Å². The number of fused-ring (bicyclic) bond motifs is 2. The zero-order chi connectivity index (χ0) is 17.4. The normalized spacial score (nSPS) is 17.2. The zero-order valence-corrected chi connectivity index (χ0v) is 14.9. The highest BCUT2D eigenvalue weighted by Gasteiger charge is 2.26. The smallest absolute Gasteiger partial charge is 0.141 e. The number of piperazine rings is 1. The monoisotopic (exact) mass is 358 g/mol. The highest BCUT2D eigenvalue weighted by molar-refractivity contribution is 6.31. The van der Waals surface area contributed by atoms with Gasteiger partial charge in [0.1, 0.15) is 11.7 Å². The molecule has 0 bridgehead atoms. The third kappa shape index (κ3) is 3.10. The number of nitrogens with one attached hydrogen (secondary N) is 1. The lowest BCUT2D eigenvalue weighted by Gasteiger charge is -2.36. The van der Waals surface area contributed by atoms with E-state index < -0.39 is 0 Å². The quantitative estimate of drug-likeness (QED) is 0.826. The summed E-state index contributed by atoms with van der Waals surface area (Å²) in [4.78, 5) is 9.37. The maximum absolute atomic E-state index is 14.7. The molecular weight excluding hydrogens is 339 g/mol. The van der Waals surface area contributed by atoms with E-state index in [-0.39, 0.29) is 5.82 Å². The molecule has 1 N–H and O–H groups in total. The van der Waals surface area contributed by atoms with E-state index in [0.717, 1.165) is 49.8 Å². The molecule has 2 aromatic rings. The van der Waals surface area contributed by atoms with Crippen molar-refractivity contribution in [1.82, 2.24) is 9.80 Å². The van der Waals surface area contributed by atoms with Gasteiger partial charge in [-0.2, -0.15) is 0 Å². The van der Waals surface area contributed by atoms with Crippen LogP contribution in [-0.4, -0.2) is 48.4 Å². The van der Waals surface area contributed by atoms with Crippen molar-refractivity contribution in [3.63, 3.8) is 0 Å². The molecule has 2 heterocycles. The molecule has 2 aromatic carbocycles. The number of likely N-dealkylation sites (N-methyl/N-ethyl adjacent to an activating group) is 1. The Labute approximate surface area is 151 Å². The summed E-state index contributed by atoms with van der Waals surface area (Å²) < 4.78 is 14.7. The van der Waals surface area contributed by atoms with Crippen LogP contribution in [0.5, 0.6) is 0 Å². The first-order valence-electron chi connectivity index (χ1n) is 8.57. The minimum atomic E-state index is -0.263. The lowest BCUT2D eigenvalue weighted by molar-refractivity contribution is 0.190. The Morgan fingerprint density at radius 3 is 2.68 bits per heavy atom. The van der Waals surface area contributed by atoms with Crippen molar-refractivity contribution in [1.29, 1.82) is 0 Å². The van der Waals surface area contributed by atoms with Crippen LogP contribution >= 0.6 is 11.6 Å². The van der Waals surface area contributed by atoms with Crippen LogP contribution in [0.1, 0.15) is 12.5 Å². The molecule has 6 heteroatoms. The van der Waals surface area contributed by atoms with Gasteiger partial charge in [-0.1, -0.05) is 24.6 Å². The Kier molecular flexibility index (Phi) is 4.36. The molecule has 2 aliphatic rings. The van der Waals surface area contributed by atoms with E-state index in [9.17, 15) is 4.39 Å². The summed E-state index contributed by atoms with van der Waals surface area (Å²) in [6.45, 7) is 6.76. The van der Waals surface area contributed by atoms with E-state index in [1.54, 1.807) is 6.07 Å². The average molecular weight is 359 g/mol. The molecule has 0 radical (unpaired) electrons. The van der Waals surface area contributed by atoms with Gasteiger partial charge in [0.15, 0.2) is 0 Å². The van der Waals surface area contributed by atoms with Crippen molar-refractivity contribution >= 4 is 34.5 Å². The highest BCUT2D eigenvalue weighted by Crippen LogP contribution is 2.37. The van der Waals surface area contributed by atoms with E-state index in [1.807, 2.05) is 24.3 Å². The fraction of sp³-hybridized carbons (Fsp3) is 0.316. The third-order valence-corrected chi connectivity index (χ3v) is 5.05. The van der Waals surface area contributed by atoms with Gasteiger partial charge in [-0.15, -0.1) is 0 Å². The largest absolute Gasteiger partial charge is 0.353 e. The van der Waals surface area contributed by atoms with Crippen molar-refractivity contribution in [3.8, 4) is 0 Å². The van der Waals surface area contributed by atoms with Crippen molar-refractivity contribution in [3.05, 3.63) is 52.8 Å². The van der Waals surface area contributed by atoms with Crippen molar-refractivity contribution in [2.24, 2.45) is 4.99 Å². The standard InChI is InChI=1S/C19H20ClFN4/c1-2-24-8-10-25(11-9-24)19-18-14(21)4-3-5-16(18)22-15-7-6-13(20)12-17(15)23-19/h3-7,12,22H,2,8-11H2,1H3. The number of halogens is 2. The highest BCUT2D eigenvalue weighted by atomic mass is 35.5. The number of hydrogen-bond acceptors (Lipinski definition) is 4. The molecule has 130 valence electrons. The van der Waals surface area contributed by atoms with Crippen LogP contribution in [-0.2, 0) is 0 Å². The average Bonchev–Trinajstić information content (AvgIpc) is 2.79. The molecule has 0 spiro atoms. The topological polar surface area (TPSA) is 30.9 Å². The zero-order valence-electron chi connectivity index (χ0n) is 14.1. The molecule has 4 nitrogen and oxygen atoms in total. The van der Waals surface area contributed by atoms with Crippen LogP contribution < -0.4 is 5.32 Å². The number of aliphatic imine (C=N–C) groups is 1. The summed E-state index contributed by atoms with van der Waals surface area (Å²) in [5.74, 6) is 0.415. The van der Waals surface area contributed by atoms with Crippen molar-refractivity contribution in [2.75, 3.05) is 38.0 Å². The summed E-state index contributed by atoms with van der Waals surface area (Å²) >= 11 is 6.15. The van der Waals surface area contributed by atoms with Crippen LogP contribution in [0, 0.1) is 5.82 Å². The van der Waals surface area contributed by atoms with E-state index in [2.05, 4.69) is 22.0 Å². The van der Waals surface area contributed by atoms with Crippen LogP contribution in [0.2, 0.25) is 5.02 Å². The summed E-state index contributed by atoms with van der Waals surface area (Å²) in [6, 6.07) is 10.6. The van der Waals surface area contributed by atoms with Gasteiger partial charge in [0.05, 0.1) is 22.6 Å². The number of nitrogens with zero attached hydrogens (tertiary/aromatic N) is 3. The first-order valence-corrected chi connectivity index (χ1v) is 8.95. The molecule has 25 heavy (non-hydrogen) atoms. The summed E-state index contributed by atoms with van der Waals surface area (Å²) in [6.07, 6.45) is 0. The summed E-state index contributed by atoms with van der Waals surface area (Å²) in [7, 11) is 0. The maximum atomic E-state index is 14.7. The predicted molar refractivity (Wildman–Crippen MR) is 101 cm³/mol. The summed E-state index contributed by atoms with van der Waals surface area (Å²) in [5.41, 5.74) is 2.83. The Bertz CT molecular complexity index is 828. The fourth-order valence-electron chi connectivity index (χ4n) is 3.38. The van der Waals surface area contributed by atoms with Gasteiger partial charge < -0.3 is 15.1 Å². The molecule has 1 saturated heterocycles. The first-order chi connectivity index (χ1) is 12.2. The lowest BCUT2D eigenvalue weighted by Crippen LogP contribution is -2.48. The Balaban J connectivity index is 1.82. The minimum Gasteiger partial charge on any atom is -0.353 e. The lowest BCUT2D eigenvalue weighted by atomic mass is 10.1. The van der Waals surface area contributed by atoms with E-state index in [1.165, 1.54) is 6.07 Å². The molecule has 2 aliphatic heterocycles. The first kappa shape index (κ1) is 16.4. The number of anilines is 2. The Morgan fingerprint density at radius 2 is 1.92 bits per heavy atom. The fourth-order valence-corrected chi connectivity index (χ4v) is 3.54. The molecule has 0 aromatic heterocycles. The van der Waals surface area contributed by atoms with Gasteiger partial charge in [-0.3, -0.25) is 0 Å². The Hall–Kier alpha value is -2.11. The third-order valence-electron chi connectivity index (χ3n) is 4.81. The predicted octanol–water partition coefficient (Wildman–Crippen LogP) is 4.25. The van der Waals surface area contributed by atoms with Gasteiger partial charge in [0, 0.05) is 31.2 Å². The molecule has 4 rings (SSSR count). The van der Waals surface area contributed by atoms with Gasteiger partial charge in [0.2, 0.25) is 0 Å². The van der Waals surface area contributed by atoms with Crippen molar-refractivity contribution < 1.29 is 4.39 Å². The second-order valence-electron chi connectivity index (χ2n) is 6.31. The second kappa shape index (κ2) is 6.65. The molecule has 0 saturated carbocycles.